The fourth-order valence-corrected chi connectivity index (χ4v) is 2.30. The van der Waals surface area contributed by atoms with Crippen LogP contribution in [-0.2, 0) is 0 Å². The fourth-order valence-electron chi connectivity index (χ4n) is 1.80. The van der Waals surface area contributed by atoms with Gasteiger partial charge in [0.25, 0.3) is 11.7 Å². The number of benzene rings is 2. The summed E-state index contributed by atoms with van der Waals surface area (Å²) in [5, 5.41) is 5.01. The van der Waals surface area contributed by atoms with E-state index in [2.05, 4.69) is 10.6 Å². The van der Waals surface area contributed by atoms with E-state index in [4.69, 9.17) is 5.73 Å². The van der Waals surface area contributed by atoms with Crippen molar-refractivity contribution in [2.45, 2.75) is 10.7 Å². The fraction of sp³-hybridized carbons (Fsp3) is 0.0667. The monoisotopic (exact) mass is 337 g/mol. The van der Waals surface area contributed by atoms with Crippen molar-refractivity contribution in [3.63, 3.8) is 0 Å². The molecular weight excluding hydrogens is 324 g/mol. The van der Waals surface area contributed by atoms with E-state index in [-0.39, 0.29) is 0 Å². The van der Waals surface area contributed by atoms with Crippen LogP contribution in [0.2, 0.25) is 0 Å². The van der Waals surface area contributed by atoms with Crippen LogP contribution in [0.1, 0.15) is 10.4 Å². The molecule has 0 aromatic heterocycles. The first kappa shape index (κ1) is 16.8. The smallest absolute Gasteiger partial charge is 0.316 e. The molecule has 120 valence electrons. The van der Waals surface area contributed by atoms with Crippen LogP contribution in [0.25, 0.3) is 0 Å². The van der Waals surface area contributed by atoms with E-state index >= 15 is 0 Å². The predicted octanol–water partition coefficient (Wildman–Crippen LogP) is 3.74. The van der Waals surface area contributed by atoms with Gasteiger partial charge in [-0.15, -0.1) is 0 Å². The average Bonchev–Trinajstić information content (AvgIpc) is 2.48. The van der Waals surface area contributed by atoms with Gasteiger partial charge in [-0.1, -0.05) is 17.8 Å². The van der Waals surface area contributed by atoms with Crippen molar-refractivity contribution in [3.05, 3.63) is 54.1 Å². The summed E-state index contributed by atoms with van der Waals surface area (Å²) in [5.74, 6) is -2.89. The normalized spacial score (nSPS) is 10.4. The second-order valence-corrected chi connectivity index (χ2v) is 5.49. The van der Waals surface area contributed by atoms with Crippen molar-refractivity contribution in [2.75, 3.05) is 10.6 Å². The van der Waals surface area contributed by atoms with E-state index in [1.165, 1.54) is 30.3 Å². The standard InChI is InChI=1S/C15H13F2N3O2S/c16-14(17)23-12-6-4-10(5-7-12)19-13(21)9-2-1-3-11(8-9)20-15(18)22/h1-8,14H,(H,19,21)(H3,18,20,22). The average molecular weight is 337 g/mol. The third kappa shape index (κ3) is 5.26. The van der Waals surface area contributed by atoms with Gasteiger partial charge >= 0.3 is 6.03 Å². The molecule has 2 aromatic carbocycles. The molecule has 2 rings (SSSR count). The summed E-state index contributed by atoms with van der Waals surface area (Å²) in [6, 6.07) is 11.6. The highest BCUT2D eigenvalue weighted by Crippen LogP contribution is 2.26. The maximum Gasteiger partial charge on any atom is 0.316 e. The van der Waals surface area contributed by atoms with Crippen LogP contribution in [0.4, 0.5) is 25.0 Å². The Morgan fingerprint density at radius 1 is 1.00 bits per heavy atom. The minimum absolute atomic E-state index is 0.322. The van der Waals surface area contributed by atoms with Gasteiger partial charge in [-0.3, -0.25) is 4.79 Å². The molecule has 0 fully saturated rings. The highest BCUT2D eigenvalue weighted by atomic mass is 32.2. The molecule has 0 saturated carbocycles. The molecule has 8 heteroatoms. The number of amides is 3. The van der Waals surface area contributed by atoms with Gasteiger partial charge in [0.15, 0.2) is 0 Å². The van der Waals surface area contributed by atoms with Gasteiger partial charge in [-0.2, -0.15) is 8.78 Å². The first-order chi connectivity index (χ1) is 10.9. The molecule has 0 radical (unpaired) electrons. The van der Waals surface area contributed by atoms with E-state index in [1.807, 2.05) is 0 Å². The van der Waals surface area contributed by atoms with Gasteiger partial charge in [0.05, 0.1) is 0 Å². The topological polar surface area (TPSA) is 84.2 Å². The Balaban J connectivity index is 2.05. The Hall–Kier alpha value is -2.61. The highest BCUT2D eigenvalue weighted by Gasteiger charge is 2.09. The lowest BCUT2D eigenvalue weighted by atomic mass is 10.2. The zero-order valence-corrected chi connectivity index (χ0v) is 12.6. The third-order valence-corrected chi connectivity index (χ3v) is 3.45. The van der Waals surface area contributed by atoms with E-state index in [1.54, 1.807) is 18.2 Å². The molecule has 23 heavy (non-hydrogen) atoms. The molecule has 4 N–H and O–H groups in total. The molecule has 0 aliphatic heterocycles. The van der Waals surface area contributed by atoms with Crippen molar-refractivity contribution in [1.82, 2.24) is 0 Å². The number of halogens is 2. The zero-order chi connectivity index (χ0) is 16.8. The van der Waals surface area contributed by atoms with Crippen LogP contribution < -0.4 is 16.4 Å². The van der Waals surface area contributed by atoms with Gasteiger partial charge in [-0.05, 0) is 42.5 Å². The summed E-state index contributed by atoms with van der Waals surface area (Å²) >= 11 is 0.432. The maximum absolute atomic E-state index is 12.2. The number of urea groups is 1. The maximum atomic E-state index is 12.2. The highest BCUT2D eigenvalue weighted by molar-refractivity contribution is 7.99. The molecule has 0 aliphatic rings. The molecule has 5 nitrogen and oxygen atoms in total. The summed E-state index contributed by atoms with van der Waals surface area (Å²) in [4.78, 5) is 23.3. The van der Waals surface area contributed by atoms with Crippen LogP contribution in [0, 0.1) is 0 Å². The molecule has 3 amide bonds. The lowest BCUT2D eigenvalue weighted by Crippen LogP contribution is -2.19. The summed E-state index contributed by atoms with van der Waals surface area (Å²) < 4.78 is 24.5. The van der Waals surface area contributed by atoms with Crippen LogP contribution in [0.3, 0.4) is 0 Å². The Kier molecular flexibility index (Phi) is 5.53. The third-order valence-electron chi connectivity index (χ3n) is 2.73. The molecule has 0 aliphatic carbocycles. The van der Waals surface area contributed by atoms with E-state index in [0.717, 1.165) is 0 Å². The van der Waals surface area contributed by atoms with Gasteiger partial charge in [0, 0.05) is 21.8 Å². The second-order valence-electron chi connectivity index (χ2n) is 4.43. The number of hydrogen-bond acceptors (Lipinski definition) is 3. The molecule has 2 aromatic rings. The summed E-state index contributed by atoms with van der Waals surface area (Å²) in [7, 11) is 0. The second kappa shape index (κ2) is 7.59. The summed E-state index contributed by atoms with van der Waals surface area (Å²) in [6.07, 6.45) is 0. The van der Waals surface area contributed by atoms with Crippen LogP contribution >= 0.6 is 11.8 Å². The first-order valence-corrected chi connectivity index (χ1v) is 7.35. The van der Waals surface area contributed by atoms with E-state index in [9.17, 15) is 18.4 Å². The number of hydrogen-bond donors (Lipinski definition) is 3. The lowest BCUT2D eigenvalue weighted by molar-refractivity contribution is 0.102. The number of anilines is 2. The molecule has 0 heterocycles. The first-order valence-electron chi connectivity index (χ1n) is 6.47. The van der Waals surface area contributed by atoms with Gasteiger partial charge in [0.2, 0.25) is 0 Å². The number of nitrogens with one attached hydrogen (secondary N) is 2. The quantitative estimate of drug-likeness (QED) is 0.727. The van der Waals surface area contributed by atoms with E-state index < -0.39 is 17.7 Å². The Morgan fingerprint density at radius 2 is 1.70 bits per heavy atom. The molecule has 0 bridgehead atoms. The summed E-state index contributed by atoms with van der Waals surface area (Å²) in [5.41, 5.74) is 6.21. The SMILES string of the molecule is NC(=O)Nc1cccc(C(=O)Nc2ccc(SC(F)F)cc2)c1. The van der Waals surface area contributed by atoms with Gasteiger partial charge in [0.1, 0.15) is 0 Å². The molecule has 0 unspecified atom stereocenters. The molecule has 0 spiro atoms. The van der Waals surface area contributed by atoms with Gasteiger partial charge < -0.3 is 16.4 Å². The van der Waals surface area contributed by atoms with Crippen LogP contribution in [0.5, 0.6) is 0 Å². The number of nitrogens with two attached hydrogens (primary N) is 1. The van der Waals surface area contributed by atoms with Crippen molar-refractivity contribution in [2.24, 2.45) is 5.73 Å². The number of carbonyl (C=O) groups excluding carboxylic acids is 2. The van der Waals surface area contributed by atoms with Crippen molar-refractivity contribution in [3.8, 4) is 0 Å². The number of primary amides is 1. The molecular formula is C15H13F2N3O2S. The van der Waals surface area contributed by atoms with Crippen LogP contribution in [0.15, 0.2) is 53.4 Å². The van der Waals surface area contributed by atoms with Crippen molar-refractivity contribution < 1.29 is 18.4 Å². The molecule has 0 atom stereocenters. The minimum Gasteiger partial charge on any atom is -0.351 e. The van der Waals surface area contributed by atoms with Gasteiger partial charge in [-0.25, -0.2) is 4.79 Å². The summed E-state index contributed by atoms with van der Waals surface area (Å²) in [6.45, 7) is 0. The number of carbonyl (C=O) groups is 2. The number of alkyl halides is 2. The Bertz CT molecular complexity index is 708. The Morgan fingerprint density at radius 3 is 2.30 bits per heavy atom. The predicted molar refractivity (Wildman–Crippen MR) is 85.9 cm³/mol. The van der Waals surface area contributed by atoms with Crippen LogP contribution in [-0.4, -0.2) is 17.7 Å². The number of rotatable bonds is 5. The minimum atomic E-state index is -2.49. The number of thioether (sulfide) groups is 1. The largest absolute Gasteiger partial charge is 0.351 e. The Labute approximate surface area is 135 Å². The zero-order valence-electron chi connectivity index (χ0n) is 11.8. The molecule has 0 saturated heterocycles. The van der Waals surface area contributed by atoms with Crippen molar-refractivity contribution >= 4 is 35.1 Å². The van der Waals surface area contributed by atoms with E-state index in [0.29, 0.717) is 33.6 Å². The van der Waals surface area contributed by atoms with Crippen molar-refractivity contribution in [1.29, 1.82) is 0 Å². The lowest BCUT2D eigenvalue weighted by Gasteiger charge is -2.08.